The van der Waals surface area contributed by atoms with Gasteiger partial charge in [0, 0.05) is 37.3 Å². The summed E-state index contributed by atoms with van der Waals surface area (Å²) < 4.78 is 33.7. The Morgan fingerprint density at radius 3 is 2.20 bits per heavy atom. The molecule has 0 aliphatic carbocycles. The molecule has 0 radical (unpaired) electrons. The lowest BCUT2D eigenvalue weighted by molar-refractivity contribution is -0.192. The van der Waals surface area contributed by atoms with Gasteiger partial charge in [0.25, 0.3) is 5.91 Å². The highest BCUT2D eigenvalue weighted by Gasteiger charge is 2.38. The first-order valence-corrected chi connectivity index (χ1v) is 14.6. The first-order chi connectivity index (χ1) is 21.6. The first-order valence-electron chi connectivity index (χ1n) is 14.6. The van der Waals surface area contributed by atoms with Gasteiger partial charge in [0.15, 0.2) is 0 Å². The number of H-pyrrole nitrogens is 1. The van der Waals surface area contributed by atoms with E-state index < -0.39 is 12.1 Å². The third kappa shape index (κ3) is 7.98. The topological polar surface area (TPSA) is 107 Å². The molecule has 11 heteroatoms. The molecule has 1 fully saturated rings. The van der Waals surface area contributed by atoms with E-state index >= 15 is 0 Å². The number of carboxylic acid groups (broad SMARTS) is 1. The molecular formula is C34H33F3N4O4. The number of carboxylic acids is 1. The van der Waals surface area contributed by atoms with Crippen molar-refractivity contribution >= 4 is 33.7 Å². The number of fused-ring (bicyclic) bond motifs is 2. The Kier molecular flexibility index (Phi) is 9.68. The van der Waals surface area contributed by atoms with E-state index in [0.29, 0.717) is 5.56 Å². The zero-order valence-corrected chi connectivity index (χ0v) is 24.3. The van der Waals surface area contributed by atoms with Crippen LogP contribution in [0.25, 0.3) is 21.8 Å². The van der Waals surface area contributed by atoms with Crippen LogP contribution in [0.15, 0.2) is 102 Å². The maximum Gasteiger partial charge on any atom is 0.490 e. The largest absolute Gasteiger partial charge is 0.490 e. The van der Waals surface area contributed by atoms with Crippen molar-refractivity contribution in [3.8, 4) is 0 Å². The van der Waals surface area contributed by atoms with Crippen LogP contribution in [0.1, 0.15) is 34.8 Å². The Morgan fingerprint density at radius 1 is 0.889 bits per heavy atom. The van der Waals surface area contributed by atoms with E-state index in [1.807, 2.05) is 83.4 Å². The van der Waals surface area contributed by atoms with Crippen molar-refractivity contribution in [2.45, 2.75) is 37.5 Å². The lowest BCUT2D eigenvalue weighted by Crippen LogP contribution is -2.47. The molecule has 1 aromatic heterocycles. The molecule has 1 atom stereocenters. The van der Waals surface area contributed by atoms with E-state index in [1.165, 1.54) is 5.56 Å². The number of rotatable bonds is 7. The minimum absolute atomic E-state index is 0.0243. The van der Waals surface area contributed by atoms with E-state index in [-0.39, 0.29) is 23.7 Å². The highest BCUT2D eigenvalue weighted by Crippen LogP contribution is 2.25. The average molecular weight is 619 g/mol. The summed E-state index contributed by atoms with van der Waals surface area (Å²) in [4.78, 5) is 40.3. The number of hydrogen-bond donors (Lipinski definition) is 3. The van der Waals surface area contributed by atoms with Crippen molar-refractivity contribution < 1.29 is 27.9 Å². The Balaban J connectivity index is 0.000000515. The van der Waals surface area contributed by atoms with Crippen LogP contribution >= 0.6 is 0 Å². The van der Waals surface area contributed by atoms with Gasteiger partial charge >= 0.3 is 17.8 Å². The SMILES string of the molecule is O=C(N[C@@H](Cc1ccccc1)CN1CCC(n2c(=O)[nH]c3ccccc32)CC1)c1ccc2ccccc2c1.O=C(O)C(F)(F)F. The Hall–Kier alpha value is -4.90. The van der Waals surface area contributed by atoms with Crippen LogP contribution in [0.4, 0.5) is 13.2 Å². The summed E-state index contributed by atoms with van der Waals surface area (Å²) in [5.41, 5.74) is 3.71. The number of hydrogen-bond acceptors (Lipinski definition) is 4. The number of likely N-dealkylation sites (tertiary alicyclic amines) is 1. The van der Waals surface area contributed by atoms with E-state index in [0.717, 1.165) is 60.7 Å². The van der Waals surface area contributed by atoms with Gasteiger partial charge in [-0.3, -0.25) is 9.36 Å². The molecule has 0 bridgehead atoms. The third-order valence-corrected chi connectivity index (χ3v) is 7.94. The second-order valence-electron chi connectivity index (χ2n) is 11.1. The molecule has 2 heterocycles. The monoisotopic (exact) mass is 618 g/mol. The summed E-state index contributed by atoms with van der Waals surface area (Å²) in [7, 11) is 0. The highest BCUT2D eigenvalue weighted by molar-refractivity contribution is 5.98. The summed E-state index contributed by atoms with van der Waals surface area (Å²) in [5, 5.41) is 12.6. The number of nitrogens with one attached hydrogen (secondary N) is 2. The number of imidazole rings is 1. The fourth-order valence-corrected chi connectivity index (χ4v) is 5.77. The van der Waals surface area contributed by atoms with Gasteiger partial charge in [-0.25, -0.2) is 9.59 Å². The van der Waals surface area contributed by atoms with Crippen molar-refractivity contribution in [2.75, 3.05) is 19.6 Å². The van der Waals surface area contributed by atoms with Crippen LogP contribution in [0.2, 0.25) is 0 Å². The summed E-state index contributed by atoms with van der Waals surface area (Å²) >= 11 is 0. The van der Waals surface area contributed by atoms with E-state index in [9.17, 15) is 22.8 Å². The predicted octanol–water partition coefficient (Wildman–Crippen LogP) is 5.79. The summed E-state index contributed by atoms with van der Waals surface area (Å²) in [6, 6.07) is 32.4. The number of benzene rings is 4. The molecule has 0 unspecified atom stereocenters. The molecule has 45 heavy (non-hydrogen) atoms. The quantitative estimate of drug-likeness (QED) is 0.214. The van der Waals surface area contributed by atoms with Gasteiger partial charge in [-0.15, -0.1) is 0 Å². The number of nitrogens with zero attached hydrogens (tertiary/aromatic N) is 2. The maximum absolute atomic E-state index is 13.3. The van der Waals surface area contributed by atoms with Crippen LogP contribution < -0.4 is 11.0 Å². The fraction of sp³-hybridized carbons (Fsp3) is 0.265. The Labute approximate surface area is 257 Å². The molecule has 234 valence electrons. The fourth-order valence-electron chi connectivity index (χ4n) is 5.77. The second-order valence-corrected chi connectivity index (χ2v) is 11.1. The normalized spacial score (nSPS) is 14.9. The number of carbonyl (C=O) groups is 2. The second kappa shape index (κ2) is 13.8. The van der Waals surface area contributed by atoms with Gasteiger partial charge in [-0.2, -0.15) is 13.2 Å². The number of aromatic amines is 1. The van der Waals surface area contributed by atoms with Crippen molar-refractivity contribution in [1.82, 2.24) is 19.8 Å². The van der Waals surface area contributed by atoms with Crippen LogP contribution in [0, 0.1) is 0 Å². The molecule has 1 amide bonds. The Bertz CT molecular complexity index is 1830. The molecule has 6 rings (SSSR count). The molecule has 8 nitrogen and oxygen atoms in total. The molecule has 1 saturated heterocycles. The zero-order chi connectivity index (χ0) is 32.0. The number of aliphatic carboxylic acids is 1. The number of para-hydroxylation sites is 2. The summed E-state index contributed by atoms with van der Waals surface area (Å²) in [6.45, 7) is 2.53. The van der Waals surface area contributed by atoms with E-state index in [2.05, 4.69) is 33.4 Å². The van der Waals surface area contributed by atoms with Gasteiger partial charge in [0.05, 0.1) is 11.0 Å². The average Bonchev–Trinajstić information content (AvgIpc) is 3.37. The molecule has 5 aromatic rings. The standard InChI is InChI=1S/C32H32N4O2.C2HF3O2/c37-31(26-15-14-24-10-4-5-11-25(24)21-26)33-27(20-23-8-2-1-3-9-23)22-35-18-16-28(17-19-35)36-30-13-7-6-12-29(30)34-32(36)38;3-2(4,5)1(6)7/h1-15,21,27-28H,16-20,22H2,(H,33,37)(H,34,38);(H,6,7)/t27-;/m0./s1. The van der Waals surface area contributed by atoms with Gasteiger partial charge < -0.3 is 20.3 Å². The predicted molar refractivity (Wildman–Crippen MR) is 166 cm³/mol. The number of amides is 1. The minimum Gasteiger partial charge on any atom is -0.475 e. The van der Waals surface area contributed by atoms with Gasteiger partial charge in [-0.05, 0) is 59.9 Å². The van der Waals surface area contributed by atoms with E-state index in [1.54, 1.807) is 0 Å². The van der Waals surface area contributed by atoms with Gasteiger partial charge in [0.1, 0.15) is 0 Å². The molecule has 4 aromatic carbocycles. The minimum atomic E-state index is -5.08. The van der Waals surface area contributed by atoms with Crippen molar-refractivity contribution in [3.05, 3.63) is 119 Å². The van der Waals surface area contributed by atoms with Crippen molar-refractivity contribution in [2.24, 2.45) is 0 Å². The lowest BCUT2D eigenvalue weighted by Gasteiger charge is -2.35. The zero-order valence-electron chi connectivity index (χ0n) is 24.3. The molecule has 0 spiro atoms. The van der Waals surface area contributed by atoms with Crippen molar-refractivity contribution in [3.63, 3.8) is 0 Å². The molecule has 0 saturated carbocycles. The van der Waals surface area contributed by atoms with Crippen LogP contribution in [0.3, 0.4) is 0 Å². The van der Waals surface area contributed by atoms with Gasteiger partial charge in [-0.1, -0.05) is 72.8 Å². The summed E-state index contributed by atoms with van der Waals surface area (Å²) in [6.07, 6.45) is -2.52. The lowest BCUT2D eigenvalue weighted by atomic mass is 10.0. The third-order valence-electron chi connectivity index (χ3n) is 7.94. The Morgan fingerprint density at radius 2 is 1.51 bits per heavy atom. The molecule has 1 aliphatic rings. The molecule has 3 N–H and O–H groups in total. The maximum atomic E-state index is 13.3. The van der Waals surface area contributed by atoms with Gasteiger partial charge in [0.2, 0.25) is 0 Å². The van der Waals surface area contributed by atoms with Crippen LogP contribution in [-0.4, -0.2) is 63.3 Å². The molecule has 1 aliphatic heterocycles. The van der Waals surface area contributed by atoms with E-state index in [4.69, 9.17) is 9.90 Å². The number of halogens is 3. The number of aromatic nitrogens is 2. The summed E-state index contributed by atoms with van der Waals surface area (Å²) in [5.74, 6) is -2.80. The van der Waals surface area contributed by atoms with Crippen LogP contribution in [-0.2, 0) is 11.2 Å². The van der Waals surface area contributed by atoms with Crippen LogP contribution in [0.5, 0.6) is 0 Å². The highest BCUT2D eigenvalue weighted by atomic mass is 19.4. The smallest absolute Gasteiger partial charge is 0.475 e. The number of alkyl halides is 3. The molecular weight excluding hydrogens is 585 g/mol. The number of piperidine rings is 1. The first kappa shape index (κ1) is 31.5. The van der Waals surface area contributed by atoms with Crippen molar-refractivity contribution in [1.29, 1.82) is 0 Å². The number of carbonyl (C=O) groups excluding carboxylic acids is 1.